The van der Waals surface area contributed by atoms with E-state index >= 15 is 0 Å². The van der Waals surface area contributed by atoms with Crippen LogP contribution in [0, 0.1) is 6.92 Å². The number of nitrogens with zero attached hydrogens (tertiary/aromatic N) is 4. The number of rotatable bonds is 7. The number of hydrogen-bond donors (Lipinski definition) is 0. The minimum atomic E-state index is 0.271. The van der Waals surface area contributed by atoms with E-state index in [1.807, 2.05) is 31.2 Å². The Bertz CT molecular complexity index is 899. The van der Waals surface area contributed by atoms with E-state index in [1.165, 1.54) is 18.0 Å². The summed E-state index contributed by atoms with van der Waals surface area (Å²) in [5.41, 5.74) is 3.07. The molecule has 0 fully saturated rings. The van der Waals surface area contributed by atoms with E-state index in [9.17, 15) is 0 Å². The largest absolute Gasteiger partial charge is 0.424 e. The molecule has 0 atom stereocenters. The molecule has 3 aromatic rings. The van der Waals surface area contributed by atoms with Crippen LogP contribution in [0.2, 0.25) is 10.0 Å². The Kier molecular flexibility index (Phi) is 6.58. The number of halogens is 2. The Morgan fingerprint density at radius 3 is 2.26 bits per heavy atom. The molecule has 7 heteroatoms. The first-order valence-corrected chi connectivity index (χ1v) is 9.57. The van der Waals surface area contributed by atoms with Crippen LogP contribution in [-0.2, 0) is 19.3 Å². The first-order valence-electron chi connectivity index (χ1n) is 8.81. The highest BCUT2D eigenvalue weighted by Crippen LogP contribution is 2.22. The molecule has 5 nitrogen and oxygen atoms in total. The molecule has 0 amide bonds. The maximum Gasteiger partial charge on any atom is 0.321 e. The van der Waals surface area contributed by atoms with E-state index in [2.05, 4.69) is 26.9 Å². The number of aryl methyl sites for hydroxylation is 4. The van der Waals surface area contributed by atoms with Crippen molar-refractivity contribution in [2.75, 3.05) is 0 Å². The molecular formula is C20H20Cl2N4O. The molecule has 3 rings (SSSR count). The van der Waals surface area contributed by atoms with Crippen LogP contribution in [0.5, 0.6) is 11.8 Å². The molecule has 0 spiro atoms. The Hall–Kier alpha value is -2.24. The monoisotopic (exact) mass is 402 g/mol. The third-order valence-corrected chi connectivity index (χ3v) is 4.67. The summed E-state index contributed by atoms with van der Waals surface area (Å²) in [4.78, 5) is 16.9. The molecule has 0 aliphatic rings. The van der Waals surface area contributed by atoms with Gasteiger partial charge in [0, 0.05) is 0 Å². The SMILES string of the molecule is CCc1nc(C)nc(CCCc2ccc(Oc3ncc(Cl)cn3)cc2)c1Cl. The zero-order chi connectivity index (χ0) is 19.2. The number of aromatic nitrogens is 4. The predicted octanol–water partition coefficient (Wildman–Crippen LogP) is 5.41. The van der Waals surface area contributed by atoms with E-state index in [1.54, 1.807) is 0 Å². The van der Waals surface area contributed by atoms with Crippen molar-refractivity contribution in [3.05, 3.63) is 69.5 Å². The lowest BCUT2D eigenvalue weighted by molar-refractivity contribution is 0.441. The summed E-state index contributed by atoms with van der Waals surface area (Å²) in [5.74, 6) is 1.46. The van der Waals surface area contributed by atoms with Crippen molar-refractivity contribution in [1.29, 1.82) is 0 Å². The van der Waals surface area contributed by atoms with Crippen molar-refractivity contribution in [2.24, 2.45) is 0 Å². The molecule has 140 valence electrons. The Labute approximate surface area is 168 Å². The van der Waals surface area contributed by atoms with Crippen molar-refractivity contribution in [1.82, 2.24) is 19.9 Å². The van der Waals surface area contributed by atoms with Crippen LogP contribution in [-0.4, -0.2) is 19.9 Å². The van der Waals surface area contributed by atoms with Gasteiger partial charge in [-0.15, -0.1) is 0 Å². The molecule has 0 aliphatic carbocycles. The van der Waals surface area contributed by atoms with Gasteiger partial charge in [0.1, 0.15) is 11.6 Å². The molecule has 0 saturated heterocycles. The third-order valence-electron chi connectivity index (χ3n) is 4.04. The quantitative estimate of drug-likeness (QED) is 0.528. The smallest absolute Gasteiger partial charge is 0.321 e. The van der Waals surface area contributed by atoms with Crippen LogP contribution in [0.1, 0.15) is 36.1 Å². The molecule has 27 heavy (non-hydrogen) atoms. The maximum atomic E-state index is 6.41. The lowest BCUT2D eigenvalue weighted by Gasteiger charge is -2.09. The molecule has 0 saturated carbocycles. The summed E-state index contributed by atoms with van der Waals surface area (Å²) in [6.07, 6.45) is 6.53. The fraction of sp³-hybridized carbons (Fsp3) is 0.300. The average Bonchev–Trinajstić information content (AvgIpc) is 2.67. The van der Waals surface area contributed by atoms with Crippen molar-refractivity contribution in [3.8, 4) is 11.8 Å². The van der Waals surface area contributed by atoms with Gasteiger partial charge in [0.15, 0.2) is 0 Å². The molecule has 0 aliphatic heterocycles. The van der Waals surface area contributed by atoms with Crippen LogP contribution in [0.3, 0.4) is 0 Å². The van der Waals surface area contributed by atoms with Gasteiger partial charge >= 0.3 is 6.01 Å². The van der Waals surface area contributed by atoms with Gasteiger partial charge in [-0.3, -0.25) is 0 Å². The van der Waals surface area contributed by atoms with Gasteiger partial charge in [-0.2, -0.15) is 0 Å². The van der Waals surface area contributed by atoms with Crippen molar-refractivity contribution in [3.63, 3.8) is 0 Å². The highest BCUT2D eigenvalue weighted by atomic mass is 35.5. The third kappa shape index (κ3) is 5.37. The van der Waals surface area contributed by atoms with Crippen molar-refractivity contribution in [2.45, 2.75) is 39.5 Å². The topological polar surface area (TPSA) is 60.8 Å². The van der Waals surface area contributed by atoms with Crippen LogP contribution >= 0.6 is 23.2 Å². The minimum absolute atomic E-state index is 0.271. The summed E-state index contributed by atoms with van der Waals surface area (Å²) in [5, 5.41) is 1.18. The predicted molar refractivity (Wildman–Crippen MR) is 107 cm³/mol. The molecule has 2 aromatic heterocycles. The second kappa shape index (κ2) is 9.11. The zero-order valence-electron chi connectivity index (χ0n) is 15.2. The van der Waals surface area contributed by atoms with E-state index in [0.29, 0.717) is 15.8 Å². The average molecular weight is 403 g/mol. The van der Waals surface area contributed by atoms with Gasteiger partial charge < -0.3 is 4.74 Å². The van der Waals surface area contributed by atoms with Crippen LogP contribution < -0.4 is 4.74 Å². The highest BCUT2D eigenvalue weighted by molar-refractivity contribution is 6.31. The lowest BCUT2D eigenvalue weighted by Crippen LogP contribution is -2.03. The standard InChI is InChI=1S/C20H20Cl2N4O/c1-3-17-19(22)18(26-13(2)25-17)6-4-5-14-7-9-16(10-8-14)27-20-23-11-15(21)12-24-20/h7-12H,3-6H2,1-2H3. The second-order valence-electron chi connectivity index (χ2n) is 6.12. The molecular weight excluding hydrogens is 383 g/mol. The molecule has 0 unspecified atom stereocenters. The summed E-state index contributed by atoms with van der Waals surface area (Å²) < 4.78 is 5.60. The highest BCUT2D eigenvalue weighted by Gasteiger charge is 2.10. The fourth-order valence-electron chi connectivity index (χ4n) is 2.72. The molecule has 0 bridgehead atoms. The first-order chi connectivity index (χ1) is 13.0. The van der Waals surface area contributed by atoms with E-state index in [-0.39, 0.29) is 6.01 Å². The molecule has 0 radical (unpaired) electrons. The minimum Gasteiger partial charge on any atom is -0.424 e. The van der Waals surface area contributed by atoms with Crippen LogP contribution in [0.15, 0.2) is 36.7 Å². The van der Waals surface area contributed by atoms with Gasteiger partial charge in [0.2, 0.25) is 0 Å². The summed E-state index contributed by atoms with van der Waals surface area (Å²) >= 11 is 12.2. The van der Waals surface area contributed by atoms with E-state index in [4.69, 9.17) is 27.9 Å². The summed E-state index contributed by atoms with van der Waals surface area (Å²) in [6, 6.07) is 8.16. The summed E-state index contributed by atoms with van der Waals surface area (Å²) in [7, 11) is 0. The molecule has 1 aromatic carbocycles. The maximum absolute atomic E-state index is 6.41. The van der Waals surface area contributed by atoms with Crippen molar-refractivity contribution < 1.29 is 4.74 Å². The normalized spacial score (nSPS) is 10.8. The Balaban J connectivity index is 1.56. The van der Waals surface area contributed by atoms with Crippen LogP contribution in [0.25, 0.3) is 0 Å². The van der Waals surface area contributed by atoms with E-state index in [0.717, 1.165) is 42.9 Å². The van der Waals surface area contributed by atoms with Gasteiger partial charge in [-0.05, 0) is 50.3 Å². The van der Waals surface area contributed by atoms with Gasteiger partial charge in [-0.25, -0.2) is 19.9 Å². The van der Waals surface area contributed by atoms with Crippen molar-refractivity contribution >= 4 is 23.2 Å². The number of hydrogen-bond acceptors (Lipinski definition) is 5. The van der Waals surface area contributed by atoms with Gasteiger partial charge in [-0.1, -0.05) is 42.3 Å². The molecule has 2 heterocycles. The second-order valence-corrected chi connectivity index (χ2v) is 6.93. The van der Waals surface area contributed by atoms with Crippen LogP contribution in [0.4, 0.5) is 0 Å². The van der Waals surface area contributed by atoms with Gasteiger partial charge in [0.05, 0.1) is 33.8 Å². The first kappa shape index (κ1) is 19.5. The lowest BCUT2D eigenvalue weighted by atomic mass is 10.1. The fourth-order valence-corrected chi connectivity index (χ4v) is 3.13. The van der Waals surface area contributed by atoms with E-state index < -0.39 is 0 Å². The number of ether oxygens (including phenoxy) is 1. The summed E-state index contributed by atoms with van der Waals surface area (Å²) in [6.45, 7) is 3.96. The molecule has 0 N–H and O–H groups in total. The number of benzene rings is 1. The zero-order valence-corrected chi connectivity index (χ0v) is 16.8. The Morgan fingerprint density at radius 1 is 0.926 bits per heavy atom. The van der Waals surface area contributed by atoms with Gasteiger partial charge in [0.25, 0.3) is 0 Å². The Morgan fingerprint density at radius 2 is 1.59 bits per heavy atom.